The van der Waals surface area contributed by atoms with E-state index in [-0.39, 0.29) is 22.8 Å². The van der Waals surface area contributed by atoms with Gasteiger partial charge in [-0.05, 0) is 44.0 Å². The standard InChI is InChI=1S/C18H22N4O3S2/c1-4-6-15(24)20-17-21-22-18(27-17)26-14(5-2)16(25)19-13-9-7-12(8-10-13)11(3)23/h7-10,14H,4-6H2,1-3H3,(H,19,25)(H,20,21,24)/t14-/m0/s1. The highest BCUT2D eigenvalue weighted by atomic mass is 32.2. The first-order valence-corrected chi connectivity index (χ1v) is 10.3. The first kappa shape index (κ1) is 21.0. The molecule has 144 valence electrons. The van der Waals surface area contributed by atoms with Gasteiger partial charge in [-0.15, -0.1) is 10.2 Å². The number of thioether (sulfide) groups is 1. The van der Waals surface area contributed by atoms with Crippen LogP contribution in [0.3, 0.4) is 0 Å². The van der Waals surface area contributed by atoms with Crippen LogP contribution in [0.4, 0.5) is 10.8 Å². The van der Waals surface area contributed by atoms with Crippen molar-refractivity contribution in [3.63, 3.8) is 0 Å². The van der Waals surface area contributed by atoms with Crippen LogP contribution < -0.4 is 10.6 Å². The maximum Gasteiger partial charge on any atom is 0.237 e. The maximum atomic E-state index is 12.5. The number of aromatic nitrogens is 2. The second-order valence-corrected chi connectivity index (χ2v) is 8.24. The van der Waals surface area contributed by atoms with Crippen LogP contribution in [0.2, 0.25) is 0 Å². The summed E-state index contributed by atoms with van der Waals surface area (Å²) in [6.45, 7) is 5.35. The molecule has 2 rings (SSSR count). The quantitative estimate of drug-likeness (QED) is 0.371. The summed E-state index contributed by atoms with van der Waals surface area (Å²) < 4.78 is 0.621. The minimum atomic E-state index is -0.343. The summed E-state index contributed by atoms with van der Waals surface area (Å²) in [5.41, 5.74) is 1.23. The van der Waals surface area contributed by atoms with Crippen LogP contribution in [-0.2, 0) is 9.59 Å². The van der Waals surface area contributed by atoms with Crippen LogP contribution in [0.25, 0.3) is 0 Å². The number of nitrogens with one attached hydrogen (secondary N) is 2. The Morgan fingerprint density at radius 2 is 1.81 bits per heavy atom. The Bertz CT molecular complexity index is 805. The summed E-state index contributed by atoms with van der Waals surface area (Å²) in [6, 6.07) is 6.78. The van der Waals surface area contributed by atoms with Gasteiger partial charge < -0.3 is 10.6 Å². The third-order valence-electron chi connectivity index (χ3n) is 3.60. The zero-order valence-corrected chi connectivity index (χ0v) is 17.1. The third kappa shape index (κ3) is 6.44. The molecule has 1 heterocycles. The number of ketones is 1. The van der Waals surface area contributed by atoms with Gasteiger partial charge in [0.2, 0.25) is 16.9 Å². The summed E-state index contributed by atoms with van der Waals surface area (Å²) in [7, 11) is 0. The van der Waals surface area contributed by atoms with E-state index in [0.717, 1.165) is 6.42 Å². The van der Waals surface area contributed by atoms with Gasteiger partial charge in [-0.3, -0.25) is 14.4 Å². The average Bonchev–Trinajstić information content (AvgIpc) is 3.07. The van der Waals surface area contributed by atoms with E-state index in [4.69, 9.17) is 0 Å². The molecule has 7 nitrogen and oxygen atoms in total. The molecule has 0 aliphatic rings. The first-order valence-electron chi connectivity index (χ1n) is 8.64. The summed E-state index contributed by atoms with van der Waals surface area (Å²) in [6.07, 6.45) is 1.81. The van der Waals surface area contributed by atoms with Gasteiger partial charge in [-0.1, -0.05) is 36.9 Å². The predicted molar refractivity (Wildman–Crippen MR) is 108 cm³/mol. The second kappa shape index (κ2) is 10.2. The topological polar surface area (TPSA) is 101 Å². The number of nitrogens with zero attached hydrogens (tertiary/aromatic N) is 2. The van der Waals surface area contributed by atoms with E-state index in [1.165, 1.54) is 30.0 Å². The molecule has 0 aliphatic heterocycles. The average molecular weight is 407 g/mol. The maximum absolute atomic E-state index is 12.5. The number of amides is 2. The Labute approximate surface area is 166 Å². The van der Waals surface area contributed by atoms with E-state index >= 15 is 0 Å². The van der Waals surface area contributed by atoms with Gasteiger partial charge in [0, 0.05) is 17.7 Å². The Hall–Kier alpha value is -2.26. The minimum Gasteiger partial charge on any atom is -0.325 e. The Kier molecular flexibility index (Phi) is 7.93. The van der Waals surface area contributed by atoms with Crippen molar-refractivity contribution in [2.24, 2.45) is 0 Å². The molecule has 27 heavy (non-hydrogen) atoms. The van der Waals surface area contributed by atoms with Gasteiger partial charge in [0.15, 0.2) is 10.1 Å². The summed E-state index contributed by atoms with van der Waals surface area (Å²) in [5.74, 6) is -0.262. The fraction of sp³-hybridized carbons (Fsp3) is 0.389. The molecular weight excluding hydrogens is 384 g/mol. The molecule has 1 aromatic carbocycles. The highest BCUT2D eigenvalue weighted by Gasteiger charge is 2.21. The molecule has 0 unspecified atom stereocenters. The molecule has 0 saturated heterocycles. The van der Waals surface area contributed by atoms with E-state index in [2.05, 4.69) is 20.8 Å². The molecule has 0 spiro atoms. The van der Waals surface area contributed by atoms with Crippen LogP contribution in [0.1, 0.15) is 50.4 Å². The number of rotatable bonds is 9. The monoisotopic (exact) mass is 406 g/mol. The smallest absolute Gasteiger partial charge is 0.237 e. The normalized spacial score (nSPS) is 11.7. The SMILES string of the molecule is CCCC(=O)Nc1nnc(S[C@@H](CC)C(=O)Nc2ccc(C(C)=O)cc2)s1. The lowest BCUT2D eigenvalue weighted by Crippen LogP contribution is -2.24. The molecule has 1 atom stereocenters. The van der Waals surface area contributed by atoms with Crippen molar-refractivity contribution in [3.05, 3.63) is 29.8 Å². The van der Waals surface area contributed by atoms with Crippen molar-refractivity contribution in [1.82, 2.24) is 10.2 Å². The number of benzene rings is 1. The van der Waals surface area contributed by atoms with Gasteiger partial charge >= 0.3 is 0 Å². The molecule has 2 N–H and O–H groups in total. The van der Waals surface area contributed by atoms with Crippen LogP contribution >= 0.6 is 23.1 Å². The van der Waals surface area contributed by atoms with Crippen LogP contribution in [0.15, 0.2) is 28.6 Å². The molecule has 1 aromatic heterocycles. The largest absolute Gasteiger partial charge is 0.325 e. The molecule has 0 bridgehead atoms. The van der Waals surface area contributed by atoms with Crippen LogP contribution in [0, 0.1) is 0 Å². The molecule has 2 amide bonds. The number of hydrogen-bond donors (Lipinski definition) is 2. The number of carbonyl (C=O) groups is 3. The molecular formula is C18H22N4O3S2. The molecule has 9 heteroatoms. The summed E-state index contributed by atoms with van der Waals surface area (Å²) in [5, 5.41) is 13.6. The van der Waals surface area contributed by atoms with Gasteiger partial charge in [0.25, 0.3) is 0 Å². The molecule has 0 radical (unpaired) electrons. The van der Waals surface area contributed by atoms with E-state index in [0.29, 0.717) is 33.6 Å². The minimum absolute atomic E-state index is 0.0204. The van der Waals surface area contributed by atoms with Gasteiger partial charge in [-0.2, -0.15) is 0 Å². The number of carbonyl (C=O) groups excluding carboxylic acids is 3. The number of Topliss-reactive ketones (excluding diaryl/α,β-unsaturated/α-hetero) is 1. The third-order valence-corrected chi connectivity index (χ3v) is 5.88. The lowest BCUT2D eigenvalue weighted by molar-refractivity contribution is -0.116. The fourth-order valence-electron chi connectivity index (χ4n) is 2.17. The summed E-state index contributed by atoms with van der Waals surface area (Å²) >= 11 is 2.56. The van der Waals surface area contributed by atoms with Crippen molar-refractivity contribution >= 4 is 51.5 Å². The van der Waals surface area contributed by atoms with Crippen molar-refractivity contribution in [2.45, 2.75) is 49.6 Å². The highest BCUT2D eigenvalue weighted by molar-refractivity contribution is 8.02. The van der Waals surface area contributed by atoms with Crippen molar-refractivity contribution in [2.75, 3.05) is 10.6 Å². The Morgan fingerprint density at radius 1 is 1.11 bits per heavy atom. The first-order chi connectivity index (χ1) is 12.9. The fourth-order valence-corrected chi connectivity index (χ4v) is 4.11. The van der Waals surface area contributed by atoms with Crippen LogP contribution in [0.5, 0.6) is 0 Å². The van der Waals surface area contributed by atoms with E-state index < -0.39 is 0 Å². The van der Waals surface area contributed by atoms with Crippen molar-refractivity contribution in [1.29, 1.82) is 0 Å². The van der Waals surface area contributed by atoms with Gasteiger partial charge in [-0.25, -0.2) is 0 Å². The summed E-state index contributed by atoms with van der Waals surface area (Å²) in [4.78, 5) is 35.5. The van der Waals surface area contributed by atoms with Crippen molar-refractivity contribution in [3.8, 4) is 0 Å². The van der Waals surface area contributed by atoms with E-state index in [1.807, 2.05) is 13.8 Å². The zero-order chi connectivity index (χ0) is 19.8. The highest BCUT2D eigenvalue weighted by Crippen LogP contribution is 2.31. The molecule has 0 aliphatic carbocycles. The van der Waals surface area contributed by atoms with E-state index in [1.54, 1.807) is 24.3 Å². The Balaban J connectivity index is 1.95. The lowest BCUT2D eigenvalue weighted by atomic mass is 10.1. The number of anilines is 2. The van der Waals surface area contributed by atoms with Gasteiger partial charge in [0.05, 0.1) is 5.25 Å². The Morgan fingerprint density at radius 3 is 2.41 bits per heavy atom. The van der Waals surface area contributed by atoms with E-state index in [9.17, 15) is 14.4 Å². The lowest BCUT2D eigenvalue weighted by Gasteiger charge is -2.13. The number of hydrogen-bond acceptors (Lipinski definition) is 7. The second-order valence-electron chi connectivity index (χ2n) is 5.81. The molecule has 0 fully saturated rings. The van der Waals surface area contributed by atoms with Crippen molar-refractivity contribution < 1.29 is 14.4 Å². The van der Waals surface area contributed by atoms with Crippen LogP contribution in [-0.4, -0.2) is 33.0 Å². The predicted octanol–water partition coefficient (Wildman–Crippen LogP) is 3.99. The zero-order valence-electron chi connectivity index (χ0n) is 15.4. The molecule has 2 aromatic rings. The van der Waals surface area contributed by atoms with Gasteiger partial charge in [0.1, 0.15) is 0 Å². The molecule has 0 saturated carbocycles.